The lowest BCUT2D eigenvalue weighted by Crippen LogP contribution is -2.04. The van der Waals surface area contributed by atoms with Crippen molar-refractivity contribution in [2.24, 2.45) is 0 Å². The molecular formula is C22H20O5. The molecule has 3 rings (SSSR count). The van der Waals surface area contributed by atoms with E-state index in [4.69, 9.17) is 14.9 Å². The Bertz CT molecular complexity index is 961. The summed E-state index contributed by atoms with van der Waals surface area (Å²) >= 11 is 0. The van der Waals surface area contributed by atoms with E-state index in [2.05, 4.69) is 55.1 Å². The number of rotatable bonds is 5. The van der Waals surface area contributed by atoms with Gasteiger partial charge in [0.05, 0.1) is 13.5 Å². The number of fused-ring (bicyclic) bond motifs is 1. The van der Waals surface area contributed by atoms with Crippen LogP contribution in [0.5, 0.6) is 5.75 Å². The van der Waals surface area contributed by atoms with Crippen molar-refractivity contribution in [2.45, 2.75) is 6.42 Å². The van der Waals surface area contributed by atoms with Crippen LogP contribution in [0.15, 0.2) is 78.9 Å². The third-order valence-corrected chi connectivity index (χ3v) is 3.86. The monoisotopic (exact) mass is 364 g/mol. The van der Waals surface area contributed by atoms with Crippen molar-refractivity contribution in [3.63, 3.8) is 0 Å². The molecular weight excluding hydrogens is 344 g/mol. The number of hydrogen-bond donors (Lipinski definition) is 2. The number of aliphatic carboxylic acids is 2. The van der Waals surface area contributed by atoms with Crippen LogP contribution >= 0.6 is 0 Å². The second kappa shape index (κ2) is 9.20. The van der Waals surface area contributed by atoms with Crippen LogP contribution in [-0.4, -0.2) is 29.3 Å². The third kappa shape index (κ3) is 5.19. The standard InChI is InChI=1S/C17H14O.C5H6O4/c1-18-17-12-11-14(13-7-3-2-4-8-13)15-9-5-6-10-16(15)17;1-3(5(8)9)2-4(6)7/h2-12H,1H3;1-2H2,(H,6,7)(H,8,9). The second-order valence-electron chi connectivity index (χ2n) is 5.71. The molecule has 0 saturated carbocycles. The summed E-state index contributed by atoms with van der Waals surface area (Å²) in [6.45, 7) is 3.01. The van der Waals surface area contributed by atoms with Gasteiger partial charge in [0.25, 0.3) is 0 Å². The third-order valence-electron chi connectivity index (χ3n) is 3.86. The van der Waals surface area contributed by atoms with E-state index in [0.29, 0.717) is 0 Å². The van der Waals surface area contributed by atoms with Gasteiger partial charge in [-0.3, -0.25) is 4.79 Å². The molecule has 0 saturated heterocycles. The topological polar surface area (TPSA) is 83.8 Å². The molecule has 2 N–H and O–H groups in total. The van der Waals surface area contributed by atoms with Gasteiger partial charge in [0.2, 0.25) is 0 Å². The quantitative estimate of drug-likeness (QED) is 0.646. The van der Waals surface area contributed by atoms with Gasteiger partial charge in [-0.2, -0.15) is 0 Å². The minimum Gasteiger partial charge on any atom is -0.496 e. The molecule has 3 aromatic carbocycles. The molecule has 27 heavy (non-hydrogen) atoms. The van der Waals surface area contributed by atoms with Gasteiger partial charge in [0.1, 0.15) is 5.75 Å². The van der Waals surface area contributed by atoms with Crippen LogP contribution in [-0.2, 0) is 9.59 Å². The number of hydrogen-bond acceptors (Lipinski definition) is 3. The molecule has 0 amide bonds. The molecule has 5 heteroatoms. The summed E-state index contributed by atoms with van der Waals surface area (Å²) in [6.07, 6.45) is -0.505. The zero-order chi connectivity index (χ0) is 19.8. The minimum atomic E-state index is -1.27. The maximum absolute atomic E-state index is 9.87. The normalized spacial score (nSPS) is 9.81. The zero-order valence-electron chi connectivity index (χ0n) is 14.9. The lowest BCUT2D eigenvalue weighted by atomic mass is 9.98. The summed E-state index contributed by atoms with van der Waals surface area (Å²) in [6, 6.07) is 22.9. The highest BCUT2D eigenvalue weighted by Crippen LogP contribution is 2.33. The van der Waals surface area contributed by atoms with Crippen molar-refractivity contribution in [1.29, 1.82) is 0 Å². The van der Waals surface area contributed by atoms with Crippen molar-refractivity contribution >= 4 is 22.7 Å². The Labute approximate surface area is 157 Å². The van der Waals surface area contributed by atoms with E-state index in [9.17, 15) is 9.59 Å². The van der Waals surface area contributed by atoms with Crippen LogP contribution in [0.1, 0.15) is 6.42 Å². The Morgan fingerprint density at radius 3 is 2.00 bits per heavy atom. The number of carboxylic acids is 2. The smallest absolute Gasteiger partial charge is 0.331 e. The molecule has 0 spiro atoms. The van der Waals surface area contributed by atoms with Gasteiger partial charge in [-0.25, -0.2) is 4.79 Å². The predicted molar refractivity (Wildman–Crippen MR) is 105 cm³/mol. The molecule has 0 aliphatic rings. The zero-order valence-corrected chi connectivity index (χ0v) is 14.9. The molecule has 0 unspecified atom stereocenters. The Morgan fingerprint density at radius 2 is 1.48 bits per heavy atom. The first kappa shape index (κ1) is 19.7. The number of methoxy groups -OCH3 is 1. The van der Waals surface area contributed by atoms with Gasteiger partial charge < -0.3 is 14.9 Å². The number of carbonyl (C=O) groups is 2. The molecule has 0 heterocycles. The Hall–Kier alpha value is -3.60. The van der Waals surface area contributed by atoms with E-state index in [1.165, 1.54) is 16.5 Å². The molecule has 0 aliphatic carbocycles. The highest BCUT2D eigenvalue weighted by atomic mass is 16.5. The van der Waals surface area contributed by atoms with Gasteiger partial charge >= 0.3 is 11.9 Å². The summed E-state index contributed by atoms with van der Waals surface area (Å²) in [5.41, 5.74) is 2.17. The molecule has 0 bridgehead atoms. The van der Waals surface area contributed by atoms with E-state index in [1.807, 2.05) is 18.2 Å². The molecule has 0 aromatic heterocycles. The Morgan fingerprint density at radius 1 is 0.889 bits per heavy atom. The van der Waals surface area contributed by atoms with E-state index in [0.717, 1.165) is 11.1 Å². The average molecular weight is 364 g/mol. The fourth-order valence-electron chi connectivity index (χ4n) is 2.58. The SMILES string of the molecule is C=C(CC(=O)O)C(=O)O.COc1ccc(-c2ccccc2)c2ccccc12. The fourth-order valence-corrected chi connectivity index (χ4v) is 2.58. The predicted octanol–water partition coefficient (Wildman–Crippen LogP) is 4.62. The first-order chi connectivity index (χ1) is 12.9. The number of carboxylic acid groups (broad SMARTS) is 2. The van der Waals surface area contributed by atoms with E-state index in [1.54, 1.807) is 7.11 Å². The van der Waals surface area contributed by atoms with Crippen molar-refractivity contribution in [2.75, 3.05) is 7.11 Å². The maximum Gasteiger partial charge on any atom is 0.331 e. The Balaban J connectivity index is 0.000000249. The van der Waals surface area contributed by atoms with Gasteiger partial charge in [0, 0.05) is 11.0 Å². The lowest BCUT2D eigenvalue weighted by molar-refractivity contribution is -0.139. The first-order valence-electron chi connectivity index (χ1n) is 8.18. The average Bonchev–Trinajstić information content (AvgIpc) is 2.67. The summed E-state index contributed by atoms with van der Waals surface area (Å²) in [5, 5.41) is 18.5. The number of benzene rings is 3. The van der Waals surface area contributed by atoms with Crippen LogP contribution in [0.25, 0.3) is 21.9 Å². The number of ether oxygens (including phenoxy) is 1. The van der Waals surface area contributed by atoms with Crippen molar-refractivity contribution in [1.82, 2.24) is 0 Å². The fraction of sp³-hybridized carbons (Fsp3) is 0.0909. The largest absolute Gasteiger partial charge is 0.496 e. The highest BCUT2D eigenvalue weighted by Gasteiger charge is 2.08. The summed E-state index contributed by atoms with van der Waals surface area (Å²) in [5.74, 6) is -1.52. The van der Waals surface area contributed by atoms with E-state index >= 15 is 0 Å². The molecule has 0 fully saturated rings. The van der Waals surface area contributed by atoms with Crippen LogP contribution in [0.2, 0.25) is 0 Å². The van der Waals surface area contributed by atoms with Crippen LogP contribution in [0.3, 0.4) is 0 Å². The van der Waals surface area contributed by atoms with Gasteiger partial charge in [-0.1, -0.05) is 67.2 Å². The summed E-state index contributed by atoms with van der Waals surface area (Å²) < 4.78 is 5.42. The molecule has 0 radical (unpaired) electrons. The molecule has 0 aliphatic heterocycles. The first-order valence-corrected chi connectivity index (χ1v) is 8.18. The van der Waals surface area contributed by atoms with Crippen molar-refractivity contribution < 1.29 is 24.5 Å². The summed E-state index contributed by atoms with van der Waals surface area (Å²) in [4.78, 5) is 19.7. The van der Waals surface area contributed by atoms with Gasteiger partial charge in [0.15, 0.2) is 0 Å². The minimum absolute atomic E-state index is 0.303. The van der Waals surface area contributed by atoms with E-state index in [-0.39, 0.29) is 5.57 Å². The highest BCUT2D eigenvalue weighted by molar-refractivity contribution is 6.00. The molecule has 3 aromatic rings. The second-order valence-corrected chi connectivity index (χ2v) is 5.71. The molecule has 138 valence electrons. The van der Waals surface area contributed by atoms with Crippen LogP contribution in [0, 0.1) is 0 Å². The van der Waals surface area contributed by atoms with Gasteiger partial charge in [-0.15, -0.1) is 0 Å². The van der Waals surface area contributed by atoms with E-state index < -0.39 is 18.4 Å². The van der Waals surface area contributed by atoms with Crippen molar-refractivity contribution in [3.8, 4) is 16.9 Å². The Kier molecular flexibility index (Phi) is 6.72. The maximum atomic E-state index is 9.87. The molecule has 0 atom stereocenters. The lowest BCUT2D eigenvalue weighted by Gasteiger charge is -2.10. The van der Waals surface area contributed by atoms with Crippen molar-refractivity contribution in [3.05, 3.63) is 78.9 Å². The van der Waals surface area contributed by atoms with Crippen LogP contribution in [0.4, 0.5) is 0 Å². The summed E-state index contributed by atoms with van der Waals surface area (Å²) in [7, 11) is 1.71. The van der Waals surface area contributed by atoms with Gasteiger partial charge in [-0.05, 0) is 22.6 Å². The molecule has 5 nitrogen and oxygen atoms in total. The van der Waals surface area contributed by atoms with Crippen LogP contribution < -0.4 is 4.74 Å².